The van der Waals surface area contributed by atoms with Crippen molar-refractivity contribution in [2.24, 2.45) is 28.6 Å². The molecule has 8 rings (SSSR count). The highest BCUT2D eigenvalue weighted by atomic mass is 16.6. The van der Waals surface area contributed by atoms with Crippen molar-refractivity contribution in [3.8, 4) is 11.5 Å². The minimum atomic E-state index is -1.08. The van der Waals surface area contributed by atoms with E-state index in [-0.39, 0.29) is 34.2 Å². The number of aliphatic carboxylic acids is 1. The van der Waals surface area contributed by atoms with Crippen molar-refractivity contribution >= 4 is 12.1 Å². The third-order valence-electron chi connectivity index (χ3n) is 13.3. The number of carbonyl (C=O) groups is 2. The summed E-state index contributed by atoms with van der Waals surface area (Å²) >= 11 is 0. The second kappa shape index (κ2) is 10.1. The molecule has 1 aromatic carbocycles. The largest absolute Gasteiger partial charge is 0.482 e. The molecule has 2 aliphatic heterocycles. The number of rotatable bonds is 9. The molecule has 5 fully saturated rings. The van der Waals surface area contributed by atoms with Gasteiger partial charge in [-0.3, -0.25) is 4.90 Å². The number of ether oxygens (including phenoxy) is 3. The molecule has 5 aliphatic carbocycles. The van der Waals surface area contributed by atoms with Crippen molar-refractivity contribution in [1.82, 2.24) is 10.2 Å². The van der Waals surface area contributed by atoms with E-state index in [0.717, 1.165) is 56.7 Å². The van der Waals surface area contributed by atoms with Crippen LogP contribution in [0.25, 0.3) is 0 Å². The molecule has 4 bridgehead atoms. The molecule has 2 spiro atoms. The molecule has 1 amide bonds. The molecule has 0 aromatic heterocycles. The second-order valence-corrected chi connectivity index (χ2v) is 16.8. The number of aliphatic hydroxyl groups is 1. The second-order valence-electron chi connectivity index (χ2n) is 16.8. The molecule has 45 heavy (non-hydrogen) atoms. The van der Waals surface area contributed by atoms with Gasteiger partial charge in [0, 0.05) is 42.0 Å². The lowest BCUT2D eigenvalue weighted by Crippen LogP contribution is -2.83. The van der Waals surface area contributed by atoms with Crippen LogP contribution in [0.15, 0.2) is 12.1 Å². The number of nitrogens with one attached hydrogen (secondary N) is 1. The van der Waals surface area contributed by atoms with Crippen molar-refractivity contribution in [2.75, 3.05) is 20.2 Å². The molecule has 0 radical (unpaired) electrons. The lowest BCUT2D eigenvalue weighted by Gasteiger charge is -2.75. The first-order chi connectivity index (χ1) is 21.1. The Labute approximate surface area is 267 Å². The molecule has 1 aromatic rings. The summed E-state index contributed by atoms with van der Waals surface area (Å²) < 4.78 is 19.7. The Balaban J connectivity index is 1.34. The Morgan fingerprint density at radius 3 is 2.51 bits per heavy atom. The molecule has 4 saturated carbocycles. The summed E-state index contributed by atoms with van der Waals surface area (Å²) in [4.78, 5) is 27.8. The fraction of sp³-hybridized carbons (Fsp3) is 0.778. The van der Waals surface area contributed by atoms with Gasteiger partial charge in [-0.05, 0) is 93.7 Å². The number of hydrogen-bond donors (Lipinski definition) is 3. The first-order valence-electron chi connectivity index (χ1n) is 17.2. The lowest BCUT2D eigenvalue weighted by atomic mass is 9.33. The van der Waals surface area contributed by atoms with E-state index in [1.165, 1.54) is 18.4 Å². The van der Waals surface area contributed by atoms with E-state index >= 15 is 0 Å². The normalized spacial score (nSPS) is 36.6. The zero-order valence-electron chi connectivity index (χ0n) is 28.1. The van der Waals surface area contributed by atoms with Crippen LogP contribution < -0.4 is 14.8 Å². The van der Waals surface area contributed by atoms with Crippen LogP contribution in [0.4, 0.5) is 4.79 Å². The SMILES string of the molecule is CO[C@]12CCC3(C[C@@H]1[C@](C)(O)C(C)(C)C)[C@H]1Cc4ccc(OC(=O)N[C@H](CC(C)C)C(=O)O)c5c4C3(CCN1CC1CC1)[C@H]2O5. The maximum Gasteiger partial charge on any atom is 0.413 e. The van der Waals surface area contributed by atoms with Crippen LogP contribution in [0.3, 0.4) is 0 Å². The molecule has 1 saturated heterocycles. The van der Waals surface area contributed by atoms with Crippen LogP contribution in [-0.2, 0) is 21.4 Å². The molecule has 2 unspecified atom stereocenters. The standard InChI is InChI=1S/C36H52N2O7/c1-20(2)16-23(29(39)40)37-31(41)44-24-11-10-22-17-26-34-12-13-36(43-7,25(18-34)33(6,42)32(3,4)5)30-35(34,27(22)28(24)45-30)14-15-38(26)19-21-8-9-21/h10-11,20-21,23,25-26,30,42H,8-9,12-19H2,1-7H3,(H,37,41)(H,39,40)/t23-,25-,26-,30-,33+,34?,35?,36-/m1/s1. The molecule has 7 aliphatic rings. The maximum absolute atomic E-state index is 13.2. The van der Waals surface area contributed by atoms with E-state index in [4.69, 9.17) is 14.2 Å². The summed E-state index contributed by atoms with van der Waals surface area (Å²) in [6.45, 7) is 14.3. The Morgan fingerprint density at radius 1 is 1.16 bits per heavy atom. The third kappa shape index (κ3) is 4.21. The van der Waals surface area contributed by atoms with Crippen LogP contribution in [-0.4, -0.2) is 76.8 Å². The minimum Gasteiger partial charge on any atom is -0.482 e. The highest BCUT2D eigenvalue weighted by molar-refractivity contribution is 5.81. The molecule has 9 heteroatoms. The van der Waals surface area contributed by atoms with Gasteiger partial charge in [0.05, 0.1) is 5.60 Å². The predicted octanol–water partition coefficient (Wildman–Crippen LogP) is 5.30. The van der Waals surface area contributed by atoms with E-state index < -0.39 is 29.3 Å². The summed E-state index contributed by atoms with van der Waals surface area (Å²) in [5.41, 5.74) is -0.160. The fourth-order valence-electron chi connectivity index (χ4n) is 10.6. The van der Waals surface area contributed by atoms with Crippen molar-refractivity contribution in [3.05, 3.63) is 23.3 Å². The van der Waals surface area contributed by atoms with Crippen molar-refractivity contribution in [2.45, 2.75) is 128 Å². The Bertz CT molecular complexity index is 1400. The Kier molecular flexibility index (Phi) is 6.99. The summed E-state index contributed by atoms with van der Waals surface area (Å²) in [6.07, 6.45) is 6.29. The highest BCUT2D eigenvalue weighted by Crippen LogP contribution is 2.78. The first-order valence-corrected chi connectivity index (χ1v) is 17.2. The number of carbonyl (C=O) groups excluding carboxylic acids is 1. The Morgan fingerprint density at radius 2 is 1.89 bits per heavy atom. The van der Waals surface area contributed by atoms with Crippen molar-refractivity contribution in [1.29, 1.82) is 0 Å². The van der Waals surface area contributed by atoms with E-state index in [1.54, 1.807) is 7.11 Å². The van der Waals surface area contributed by atoms with Gasteiger partial charge in [0.2, 0.25) is 0 Å². The summed E-state index contributed by atoms with van der Waals surface area (Å²) in [7, 11) is 1.78. The molecule has 9 nitrogen and oxygen atoms in total. The molecular formula is C36H52N2O7. The van der Waals surface area contributed by atoms with E-state index in [0.29, 0.717) is 24.0 Å². The van der Waals surface area contributed by atoms with Crippen molar-refractivity contribution < 1.29 is 34.0 Å². The zero-order chi connectivity index (χ0) is 32.3. The van der Waals surface area contributed by atoms with Crippen LogP contribution in [0.5, 0.6) is 11.5 Å². The monoisotopic (exact) mass is 624 g/mol. The van der Waals surface area contributed by atoms with Crippen LogP contribution in [0.2, 0.25) is 0 Å². The first kappa shape index (κ1) is 31.3. The average Bonchev–Trinajstić information content (AvgIpc) is 3.70. The topological polar surface area (TPSA) is 118 Å². The van der Waals surface area contributed by atoms with Gasteiger partial charge in [-0.25, -0.2) is 9.59 Å². The van der Waals surface area contributed by atoms with E-state index in [9.17, 15) is 19.8 Å². The number of carboxylic acids is 1. The number of methoxy groups -OCH3 is 1. The summed E-state index contributed by atoms with van der Waals surface area (Å²) in [5, 5.41) is 24.7. The van der Waals surface area contributed by atoms with E-state index in [2.05, 4.69) is 37.1 Å². The number of nitrogens with zero attached hydrogens (tertiary/aromatic N) is 1. The summed E-state index contributed by atoms with van der Waals surface area (Å²) in [6, 6.07) is 3.22. The van der Waals surface area contributed by atoms with E-state index in [1.807, 2.05) is 26.8 Å². The highest BCUT2D eigenvalue weighted by Gasteiger charge is 2.82. The van der Waals surface area contributed by atoms with Gasteiger partial charge in [-0.1, -0.05) is 40.7 Å². The molecule has 8 atom stereocenters. The molecule has 3 N–H and O–H groups in total. The number of likely N-dealkylation sites (tertiary alicyclic amines) is 1. The van der Waals surface area contributed by atoms with Gasteiger partial charge in [0.15, 0.2) is 11.5 Å². The van der Waals surface area contributed by atoms with Gasteiger partial charge in [-0.2, -0.15) is 0 Å². The number of piperidine rings is 1. The van der Waals surface area contributed by atoms with Gasteiger partial charge >= 0.3 is 12.1 Å². The lowest BCUT2D eigenvalue weighted by molar-refractivity contribution is -0.312. The minimum absolute atomic E-state index is 0.0900. The molecule has 248 valence electrons. The van der Waals surface area contributed by atoms with Gasteiger partial charge < -0.3 is 29.7 Å². The number of amides is 1. The quantitative estimate of drug-likeness (QED) is 0.339. The average molecular weight is 625 g/mol. The zero-order valence-corrected chi connectivity index (χ0v) is 28.1. The van der Waals surface area contributed by atoms with Gasteiger partial charge in [0.1, 0.15) is 17.7 Å². The molecular weight excluding hydrogens is 572 g/mol. The summed E-state index contributed by atoms with van der Waals surface area (Å²) in [5.74, 6) is 0.553. The number of hydrogen-bond acceptors (Lipinski definition) is 7. The number of fused-ring (bicyclic) bond motifs is 2. The number of carboxylic acid groups (broad SMARTS) is 1. The fourth-order valence-corrected chi connectivity index (χ4v) is 10.6. The van der Waals surface area contributed by atoms with Gasteiger partial charge in [0.25, 0.3) is 0 Å². The smallest absolute Gasteiger partial charge is 0.413 e. The van der Waals surface area contributed by atoms with Crippen LogP contribution in [0.1, 0.15) is 97.6 Å². The predicted molar refractivity (Wildman–Crippen MR) is 169 cm³/mol. The van der Waals surface area contributed by atoms with Crippen LogP contribution >= 0.6 is 0 Å². The third-order valence-corrected chi connectivity index (χ3v) is 13.3. The van der Waals surface area contributed by atoms with Crippen LogP contribution in [0, 0.1) is 28.6 Å². The maximum atomic E-state index is 13.2. The van der Waals surface area contributed by atoms with Gasteiger partial charge in [-0.15, -0.1) is 0 Å². The Hall–Kier alpha value is -2.36. The van der Waals surface area contributed by atoms with Crippen molar-refractivity contribution in [3.63, 3.8) is 0 Å². The molecule has 2 heterocycles. The number of benzene rings is 1.